The van der Waals surface area contributed by atoms with Crippen LogP contribution in [0, 0.1) is 0 Å². The molecule has 1 amide bonds. The Morgan fingerprint density at radius 3 is 2.89 bits per heavy atom. The normalized spacial score (nSPS) is 10.3. The molecule has 5 nitrogen and oxygen atoms in total. The molecule has 1 heterocycles. The first-order valence-corrected chi connectivity index (χ1v) is 6.70. The van der Waals surface area contributed by atoms with Gasteiger partial charge in [0.25, 0.3) is 5.91 Å². The predicted molar refractivity (Wildman–Crippen MR) is 76.9 cm³/mol. The highest BCUT2D eigenvalue weighted by molar-refractivity contribution is 6.33. The van der Waals surface area contributed by atoms with Gasteiger partial charge in [0.2, 0.25) is 0 Å². The summed E-state index contributed by atoms with van der Waals surface area (Å²) in [6.07, 6.45) is 1.49. The van der Waals surface area contributed by atoms with Crippen molar-refractivity contribution in [1.82, 2.24) is 9.88 Å². The van der Waals surface area contributed by atoms with Crippen molar-refractivity contribution in [3.05, 3.63) is 22.8 Å². The average Bonchev–Trinajstić information content (AvgIpc) is 2.40. The molecule has 1 aromatic rings. The van der Waals surface area contributed by atoms with Gasteiger partial charge in [-0.3, -0.25) is 4.79 Å². The van der Waals surface area contributed by atoms with Crippen LogP contribution in [-0.4, -0.2) is 49.1 Å². The number of nitrogens with zero attached hydrogens (tertiary/aromatic N) is 2. The van der Waals surface area contributed by atoms with Crippen LogP contribution in [0.4, 0.5) is 5.82 Å². The molecular formula is C13H20ClN3O2. The number of rotatable bonds is 7. The second-order valence-corrected chi connectivity index (χ2v) is 4.41. The SMILES string of the molecule is CCNc1cc(C(=O)N(C)CCOCC)c(Cl)cn1. The topological polar surface area (TPSA) is 54.5 Å². The van der Waals surface area contributed by atoms with Gasteiger partial charge in [-0.05, 0) is 19.9 Å². The monoisotopic (exact) mass is 285 g/mol. The van der Waals surface area contributed by atoms with Crippen LogP contribution < -0.4 is 5.32 Å². The largest absolute Gasteiger partial charge is 0.380 e. The molecule has 0 saturated carbocycles. The van der Waals surface area contributed by atoms with E-state index in [-0.39, 0.29) is 5.91 Å². The van der Waals surface area contributed by atoms with E-state index in [0.29, 0.717) is 36.2 Å². The average molecular weight is 286 g/mol. The third-order valence-corrected chi connectivity index (χ3v) is 2.87. The third kappa shape index (κ3) is 4.69. The van der Waals surface area contributed by atoms with Crippen molar-refractivity contribution >= 4 is 23.3 Å². The quantitative estimate of drug-likeness (QED) is 0.781. The number of pyridine rings is 1. The van der Waals surface area contributed by atoms with Gasteiger partial charge in [0.1, 0.15) is 5.82 Å². The van der Waals surface area contributed by atoms with Gasteiger partial charge >= 0.3 is 0 Å². The molecule has 0 unspecified atom stereocenters. The molecule has 0 radical (unpaired) electrons. The van der Waals surface area contributed by atoms with E-state index in [1.165, 1.54) is 6.20 Å². The van der Waals surface area contributed by atoms with Gasteiger partial charge in [-0.15, -0.1) is 0 Å². The minimum atomic E-state index is -0.133. The fourth-order valence-corrected chi connectivity index (χ4v) is 1.72. The summed E-state index contributed by atoms with van der Waals surface area (Å²) in [5, 5.41) is 3.41. The molecule has 0 aliphatic rings. The molecular weight excluding hydrogens is 266 g/mol. The number of aromatic nitrogens is 1. The molecule has 0 aliphatic heterocycles. The standard InChI is InChI=1S/C13H20ClN3O2/c1-4-15-12-8-10(11(14)9-16-12)13(18)17(3)6-7-19-5-2/h8-9H,4-7H2,1-3H3,(H,15,16). The maximum atomic E-state index is 12.2. The number of anilines is 1. The molecule has 19 heavy (non-hydrogen) atoms. The molecule has 0 aromatic carbocycles. The summed E-state index contributed by atoms with van der Waals surface area (Å²) in [5.74, 6) is 0.514. The maximum Gasteiger partial charge on any atom is 0.255 e. The smallest absolute Gasteiger partial charge is 0.255 e. The number of nitrogens with one attached hydrogen (secondary N) is 1. The highest BCUT2D eigenvalue weighted by atomic mass is 35.5. The van der Waals surface area contributed by atoms with E-state index in [4.69, 9.17) is 16.3 Å². The Morgan fingerprint density at radius 1 is 1.53 bits per heavy atom. The summed E-state index contributed by atoms with van der Waals surface area (Å²) >= 11 is 6.03. The molecule has 1 aromatic heterocycles. The number of carbonyl (C=O) groups excluding carboxylic acids is 1. The zero-order chi connectivity index (χ0) is 14.3. The van der Waals surface area contributed by atoms with Crippen molar-refractivity contribution in [1.29, 1.82) is 0 Å². The number of ether oxygens (including phenoxy) is 1. The van der Waals surface area contributed by atoms with Crippen molar-refractivity contribution in [3.8, 4) is 0 Å². The Bertz CT molecular complexity index is 426. The lowest BCUT2D eigenvalue weighted by atomic mass is 10.2. The van der Waals surface area contributed by atoms with E-state index in [1.54, 1.807) is 18.0 Å². The first-order valence-electron chi connectivity index (χ1n) is 6.32. The van der Waals surface area contributed by atoms with Crippen molar-refractivity contribution < 1.29 is 9.53 Å². The number of halogens is 1. The first-order chi connectivity index (χ1) is 9.10. The maximum absolute atomic E-state index is 12.2. The van der Waals surface area contributed by atoms with Crippen LogP contribution in [0.2, 0.25) is 5.02 Å². The molecule has 0 aliphatic carbocycles. The van der Waals surface area contributed by atoms with Crippen LogP contribution >= 0.6 is 11.6 Å². The fraction of sp³-hybridized carbons (Fsp3) is 0.538. The summed E-state index contributed by atoms with van der Waals surface area (Å²) in [7, 11) is 1.73. The number of likely N-dealkylation sites (N-methyl/N-ethyl adjacent to an activating group) is 1. The molecule has 1 N–H and O–H groups in total. The van der Waals surface area contributed by atoms with Gasteiger partial charge in [-0.25, -0.2) is 4.98 Å². The zero-order valence-corrected chi connectivity index (χ0v) is 12.3. The molecule has 0 atom stereocenters. The molecule has 0 fully saturated rings. The van der Waals surface area contributed by atoms with Crippen LogP contribution in [0.1, 0.15) is 24.2 Å². The van der Waals surface area contributed by atoms with Crippen molar-refractivity contribution in [3.63, 3.8) is 0 Å². The highest BCUT2D eigenvalue weighted by Gasteiger charge is 2.16. The van der Waals surface area contributed by atoms with Gasteiger partial charge in [0.15, 0.2) is 0 Å². The summed E-state index contributed by atoms with van der Waals surface area (Å²) in [4.78, 5) is 17.9. The fourth-order valence-electron chi connectivity index (χ4n) is 1.53. The van der Waals surface area contributed by atoms with Gasteiger partial charge in [0.05, 0.1) is 17.2 Å². The second kappa shape index (κ2) is 7.96. The van der Waals surface area contributed by atoms with Gasteiger partial charge in [-0.1, -0.05) is 11.6 Å². The van der Waals surface area contributed by atoms with Crippen molar-refractivity contribution in [2.75, 3.05) is 38.7 Å². The predicted octanol–water partition coefficient (Wildman–Crippen LogP) is 2.28. The molecule has 0 bridgehead atoms. The summed E-state index contributed by atoms with van der Waals surface area (Å²) in [6, 6.07) is 1.67. The van der Waals surface area contributed by atoms with Gasteiger partial charge in [0, 0.05) is 32.9 Å². The number of hydrogen-bond acceptors (Lipinski definition) is 4. The Hall–Kier alpha value is -1.33. The summed E-state index contributed by atoms with van der Waals surface area (Å²) < 4.78 is 5.23. The summed E-state index contributed by atoms with van der Waals surface area (Å²) in [5.41, 5.74) is 0.451. The van der Waals surface area contributed by atoms with E-state index in [9.17, 15) is 4.79 Å². The minimum absolute atomic E-state index is 0.133. The molecule has 1 rings (SSSR count). The van der Waals surface area contributed by atoms with E-state index in [1.807, 2.05) is 13.8 Å². The number of hydrogen-bond donors (Lipinski definition) is 1. The third-order valence-electron chi connectivity index (χ3n) is 2.57. The number of carbonyl (C=O) groups is 1. The second-order valence-electron chi connectivity index (χ2n) is 4.00. The molecule has 0 spiro atoms. The van der Waals surface area contributed by atoms with Crippen molar-refractivity contribution in [2.24, 2.45) is 0 Å². The van der Waals surface area contributed by atoms with E-state index >= 15 is 0 Å². The van der Waals surface area contributed by atoms with E-state index < -0.39 is 0 Å². The molecule has 0 saturated heterocycles. The van der Waals surface area contributed by atoms with Crippen LogP contribution in [0.3, 0.4) is 0 Å². The lowest BCUT2D eigenvalue weighted by molar-refractivity contribution is 0.0710. The van der Waals surface area contributed by atoms with Crippen LogP contribution in [0.5, 0.6) is 0 Å². The number of amides is 1. The summed E-state index contributed by atoms with van der Waals surface area (Å²) in [6.45, 7) is 6.31. The zero-order valence-electron chi connectivity index (χ0n) is 11.6. The Morgan fingerprint density at radius 2 is 2.26 bits per heavy atom. The van der Waals surface area contributed by atoms with Crippen LogP contribution in [0.15, 0.2) is 12.3 Å². The first kappa shape index (κ1) is 15.7. The Kier molecular flexibility index (Phi) is 6.59. The van der Waals surface area contributed by atoms with Gasteiger partial charge in [-0.2, -0.15) is 0 Å². The van der Waals surface area contributed by atoms with Crippen molar-refractivity contribution in [2.45, 2.75) is 13.8 Å². The lowest BCUT2D eigenvalue weighted by Crippen LogP contribution is -2.30. The van der Waals surface area contributed by atoms with Gasteiger partial charge < -0.3 is 15.0 Å². The molecule has 106 valence electrons. The Labute approximate surface area is 118 Å². The van der Waals surface area contributed by atoms with E-state index in [0.717, 1.165) is 6.54 Å². The lowest BCUT2D eigenvalue weighted by Gasteiger charge is -2.18. The highest BCUT2D eigenvalue weighted by Crippen LogP contribution is 2.19. The molecule has 6 heteroatoms. The Balaban J connectivity index is 2.76. The van der Waals surface area contributed by atoms with Crippen LogP contribution in [0.25, 0.3) is 0 Å². The minimum Gasteiger partial charge on any atom is -0.380 e. The van der Waals surface area contributed by atoms with E-state index in [2.05, 4.69) is 10.3 Å². The van der Waals surface area contributed by atoms with Crippen LogP contribution in [-0.2, 0) is 4.74 Å².